The molecule has 1 unspecified atom stereocenters. The molecule has 7 rings (SSSR count). The van der Waals surface area contributed by atoms with Gasteiger partial charge in [0.15, 0.2) is 0 Å². The average Bonchev–Trinajstić information content (AvgIpc) is 3.19. The third kappa shape index (κ3) is 5.96. The molecule has 3 aliphatic rings. The molecule has 0 fully saturated rings. The summed E-state index contributed by atoms with van der Waals surface area (Å²) in [5, 5.41) is 8.89. The van der Waals surface area contributed by atoms with Gasteiger partial charge in [-0.05, 0) is 86.9 Å². The topological polar surface area (TPSA) is 12.0 Å². The zero-order valence-electron chi connectivity index (χ0n) is 21.3. The molecule has 1 atom stereocenters. The summed E-state index contributed by atoms with van der Waals surface area (Å²) < 4.78 is 0. The first-order valence-corrected chi connectivity index (χ1v) is 13.0. The predicted molar refractivity (Wildman–Crippen MR) is 167 cm³/mol. The van der Waals surface area contributed by atoms with Crippen molar-refractivity contribution in [3.05, 3.63) is 152 Å². The third-order valence-electron chi connectivity index (χ3n) is 7.45. The van der Waals surface area contributed by atoms with E-state index in [1.165, 1.54) is 44.8 Å². The van der Waals surface area contributed by atoms with Crippen molar-refractivity contribution >= 4 is 48.7 Å². The molecule has 192 valence electrons. The summed E-state index contributed by atoms with van der Waals surface area (Å²) >= 11 is 0. The molecule has 1 nitrogen and oxygen atoms in total. The standard InChI is InChI=1S/C25H22.C10H9N.2ClH/c1-2-6-18(7-3-1)16-19-10-13-23-21(17-19)12-15-24-22-9-5-4-8-20(22)11-14-25(23)24;1-2-7-10-9(5-1)6-3-4-8-11-10;;/h1-9,11-12,15,17,19H,10,13-14,16H2;1-8,11H;2*1H. The van der Waals surface area contributed by atoms with Crippen molar-refractivity contribution in [2.45, 2.75) is 25.7 Å². The molecular weight excluding hydrogens is 505 g/mol. The van der Waals surface area contributed by atoms with Gasteiger partial charge in [-0.25, -0.2) is 0 Å². The zero-order valence-corrected chi connectivity index (χ0v) is 23.0. The lowest BCUT2D eigenvalue weighted by Crippen LogP contribution is -2.23. The lowest BCUT2D eigenvalue weighted by Gasteiger charge is -2.22. The second-order valence-corrected chi connectivity index (χ2v) is 9.76. The molecule has 1 N–H and O–H groups in total. The highest BCUT2D eigenvalue weighted by molar-refractivity contribution is 5.85. The lowest BCUT2D eigenvalue weighted by atomic mass is 9.83. The highest BCUT2D eigenvalue weighted by Crippen LogP contribution is 2.23. The molecule has 4 aromatic carbocycles. The first kappa shape index (κ1) is 27.5. The van der Waals surface area contributed by atoms with Crippen molar-refractivity contribution in [3.63, 3.8) is 0 Å². The van der Waals surface area contributed by atoms with E-state index in [1.54, 1.807) is 11.1 Å². The molecule has 0 saturated carbocycles. The van der Waals surface area contributed by atoms with Crippen LogP contribution in [0, 0.1) is 16.4 Å². The smallest absolute Gasteiger partial charge is 0.0453 e. The minimum absolute atomic E-state index is 0. The van der Waals surface area contributed by atoms with Crippen LogP contribution in [-0.2, 0) is 19.3 Å². The van der Waals surface area contributed by atoms with Gasteiger partial charge in [0.25, 0.3) is 0 Å². The van der Waals surface area contributed by atoms with Crippen molar-refractivity contribution in [1.82, 2.24) is 0 Å². The summed E-state index contributed by atoms with van der Waals surface area (Å²) in [4.78, 5) is 0. The number of benzene rings is 4. The number of hydrogen-bond donors (Lipinski definition) is 1. The van der Waals surface area contributed by atoms with E-state index in [1.807, 2.05) is 30.5 Å². The van der Waals surface area contributed by atoms with Gasteiger partial charge in [0.1, 0.15) is 0 Å². The van der Waals surface area contributed by atoms with E-state index in [0.717, 1.165) is 18.5 Å². The minimum Gasteiger partial charge on any atom is -0.361 e. The molecule has 38 heavy (non-hydrogen) atoms. The molecule has 0 radical (unpaired) electrons. The van der Waals surface area contributed by atoms with E-state index < -0.39 is 0 Å². The summed E-state index contributed by atoms with van der Waals surface area (Å²) in [6.07, 6.45) is 17.7. The Kier molecular flexibility index (Phi) is 9.29. The zero-order chi connectivity index (χ0) is 24.2. The Hall–Kier alpha value is -3.52. The summed E-state index contributed by atoms with van der Waals surface area (Å²) in [7, 11) is 0. The number of halogens is 2. The van der Waals surface area contributed by atoms with E-state index in [9.17, 15) is 0 Å². The van der Waals surface area contributed by atoms with E-state index >= 15 is 0 Å². The molecular formula is C35H33Cl2N. The number of anilines is 1. The summed E-state index contributed by atoms with van der Waals surface area (Å²) in [5.41, 5.74) is 7.00. The van der Waals surface area contributed by atoms with Gasteiger partial charge in [0, 0.05) is 11.9 Å². The van der Waals surface area contributed by atoms with E-state index in [0.29, 0.717) is 5.92 Å². The van der Waals surface area contributed by atoms with Gasteiger partial charge in [0.2, 0.25) is 0 Å². The number of rotatable bonds is 2. The van der Waals surface area contributed by atoms with Gasteiger partial charge in [-0.2, -0.15) is 0 Å². The molecule has 0 bridgehead atoms. The maximum Gasteiger partial charge on any atom is 0.0453 e. The molecule has 0 saturated heterocycles. The molecule has 4 aromatic rings. The van der Waals surface area contributed by atoms with Crippen LogP contribution in [0.25, 0.3) is 18.2 Å². The highest BCUT2D eigenvalue weighted by Gasteiger charge is 2.17. The van der Waals surface area contributed by atoms with Crippen LogP contribution in [0.2, 0.25) is 0 Å². The van der Waals surface area contributed by atoms with Gasteiger partial charge in [-0.15, -0.1) is 24.8 Å². The van der Waals surface area contributed by atoms with Gasteiger partial charge in [0.05, 0.1) is 0 Å². The van der Waals surface area contributed by atoms with Crippen LogP contribution in [0.3, 0.4) is 0 Å². The Morgan fingerprint density at radius 2 is 1.47 bits per heavy atom. The van der Waals surface area contributed by atoms with Gasteiger partial charge in [-0.1, -0.05) is 109 Å². The predicted octanol–water partition coefficient (Wildman–Crippen LogP) is 7.38. The Bertz CT molecular complexity index is 1670. The van der Waals surface area contributed by atoms with Crippen LogP contribution in [0.4, 0.5) is 5.69 Å². The molecule has 0 amide bonds. The van der Waals surface area contributed by atoms with Gasteiger partial charge < -0.3 is 5.32 Å². The monoisotopic (exact) mass is 537 g/mol. The van der Waals surface area contributed by atoms with E-state index in [-0.39, 0.29) is 24.8 Å². The van der Waals surface area contributed by atoms with Crippen LogP contribution < -0.4 is 15.8 Å². The van der Waals surface area contributed by atoms with Crippen LogP contribution in [0.15, 0.2) is 109 Å². The number of para-hydroxylation sites is 1. The molecule has 1 heterocycles. The normalized spacial score (nSPS) is 15.4. The largest absolute Gasteiger partial charge is 0.361 e. The maximum atomic E-state index is 3.18. The maximum absolute atomic E-state index is 3.18. The van der Waals surface area contributed by atoms with E-state index in [4.69, 9.17) is 0 Å². The van der Waals surface area contributed by atoms with Crippen LogP contribution in [0.5, 0.6) is 0 Å². The van der Waals surface area contributed by atoms with Gasteiger partial charge >= 0.3 is 0 Å². The molecule has 1 aliphatic heterocycles. The third-order valence-corrected chi connectivity index (χ3v) is 7.45. The second-order valence-electron chi connectivity index (χ2n) is 9.76. The Labute approximate surface area is 237 Å². The van der Waals surface area contributed by atoms with Crippen molar-refractivity contribution in [3.8, 4) is 0 Å². The van der Waals surface area contributed by atoms with Crippen molar-refractivity contribution in [2.24, 2.45) is 5.92 Å². The fourth-order valence-electron chi connectivity index (χ4n) is 5.65. The average molecular weight is 539 g/mol. The Balaban J connectivity index is 0.000000219. The molecule has 0 aromatic heterocycles. The first-order valence-electron chi connectivity index (χ1n) is 13.0. The van der Waals surface area contributed by atoms with Gasteiger partial charge in [-0.3, -0.25) is 0 Å². The van der Waals surface area contributed by atoms with Crippen molar-refractivity contribution in [2.75, 3.05) is 5.32 Å². The fraction of sp³-hybridized carbons (Fsp3) is 0.143. The fourth-order valence-corrected chi connectivity index (χ4v) is 5.65. The first-order chi connectivity index (χ1) is 17.8. The van der Waals surface area contributed by atoms with E-state index in [2.05, 4.69) is 102 Å². The number of fused-ring (bicyclic) bond motifs is 5. The van der Waals surface area contributed by atoms with Crippen molar-refractivity contribution < 1.29 is 0 Å². The summed E-state index contributed by atoms with van der Waals surface area (Å²) in [6.45, 7) is 0. The van der Waals surface area contributed by atoms with Crippen LogP contribution >= 0.6 is 24.8 Å². The molecule has 2 aliphatic carbocycles. The number of nitrogens with one attached hydrogen (secondary N) is 1. The highest BCUT2D eigenvalue weighted by atomic mass is 35.5. The molecule has 0 spiro atoms. The van der Waals surface area contributed by atoms with Crippen LogP contribution in [-0.4, -0.2) is 0 Å². The second kappa shape index (κ2) is 12.8. The quantitative estimate of drug-likeness (QED) is 0.281. The number of hydrogen-bond acceptors (Lipinski definition) is 1. The Morgan fingerprint density at radius 3 is 2.37 bits per heavy atom. The summed E-state index contributed by atoms with van der Waals surface area (Å²) in [6, 6.07) is 32.6. The lowest BCUT2D eigenvalue weighted by molar-refractivity contribution is 0.600. The summed E-state index contributed by atoms with van der Waals surface area (Å²) in [5.74, 6) is 0.660. The van der Waals surface area contributed by atoms with Crippen LogP contribution in [0.1, 0.15) is 28.7 Å². The number of allylic oxidation sites excluding steroid dienone is 2. The Morgan fingerprint density at radius 1 is 0.684 bits per heavy atom. The molecule has 3 heteroatoms. The SMILES string of the molecule is C1=CNc2ccccc2C=C1.C1=c2ccc3c(c2CCC1Cc1ccccc1)CC=c1ccccc1=3.Cl.Cl. The van der Waals surface area contributed by atoms with Crippen molar-refractivity contribution in [1.29, 1.82) is 0 Å². The minimum atomic E-state index is 0.